The van der Waals surface area contributed by atoms with Crippen LogP contribution < -0.4 is 14.4 Å². The number of ether oxygens (including phenoxy) is 1. The lowest BCUT2D eigenvalue weighted by Crippen LogP contribution is -2.30. The zero-order valence-electron chi connectivity index (χ0n) is 17.9. The molecule has 1 amide bonds. The van der Waals surface area contributed by atoms with Crippen molar-refractivity contribution in [3.63, 3.8) is 0 Å². The maximum absolute atomic E-state index is 13.3. The Hall–Kier alpha value is -2.63. The van der Waals surface area contributed by atoms with Crippen molar-refractivity contribution in [2.45, 2.75) is 11.8 Å². The van der Waals surface area contributed by atoms with Crippen LogP contribution in [0.5, 0.6) is 5.75 Å². The van der Waals surface area contributed by atoms with Gasteiger partial charge in [0.2, 0.25) is 0 Å². The third-order valence-electron chi connectivity index (χ3n) is 5.05. The SMILES string of the molecule is CCN(c1ccc2sc(C(=O)Nc3ccc(I)cc3)cc2c1)S(=O)(=O)c1ccc(OC)cc1. The van der Waals surface area contributed by atoms with Gasteiger partial charge in [0.05, 0.1) is 22.6 Å². The molecule has 33 heavy (non-hydrogen) atoms. The highest BCUT2D eigenvalue weighted by molar-refractivity contribution is 14.1. The third kappa shape index (κ3) is 4.99. The molecule has 0 unspecified atom stereocenters. The van der Waals surface area contributed by atoms with E-state index in [0.29, 0.717) is 16.3 Å². The third-order valence-corrected chi connectivity index (χ3v) is 8.80. The van der Waals surface area contributed by atoms with Crippen molar-refractivity contribution in [2.24, 2.45) is 0 Å². The Morgan fingerprint density at radius 1 is 1.03 bits per heavy atom. The topological polar surface area (TPSA) is 75.7 Å². The molecule has 0 aliphatic heterocycles. The Morgan fingerprint density at radius 3 is 2.36 bits per heavy atom. The van der Waals surface area contributed by atoms with E-state index in [1.807, 2.05) is 30.3 Å². The number of anilines is 2. The van der Waals surface area contributed by atoms with Crippen LogP contribution in [0.2, 0.25) is 0 Å². The highest BCUT2D eigenvalue weighted by atomic mass is 127. The van der Waals surface area contributed by atoms with E-state index in [1.165, 1.54) is 34.9 Å². The molecule has 0 radical (unpaired) electrons. The van der Waals surface area contributed by atoms with Gasteiger partial charge < -0.3 is 10.1 Å². The summed E-state index contributed by atoms with van der Waals surface area (Å²) in [4.78, 5) is 13.5. The second-order valence-corrected chi connectivity index (χ2v) is 11.3. The van der Waals surface area contributed by atoms with Crippen molar-refractivity contribution >= 4 is 71.3 Å². The molecule has 0 aliphatic carbocycles. The van der Waals surface area contributed by atoms with Crippen LogP contribution in [0.1, 0.15) is 16.6 Å². The van der Waals surface area contributed by atoms with Crippen molar-refractivity contribution in [3.8, 4) is 5.75 Å². The van der Waals surface area contributed by atoms with Gasteiger partial charge in [0.25, 0.3) is 15.9 Å². The Morgan fingerprint density at radius 2 is 1.73 bits per heavy atom. The second-order valence-electron chi connectivity index (χ2n) is 7.14. The maximum Gasteiger partial charge on any atom is 0.265 e. The first kappa shape index (κ1) is 23.5. The van der Waals surface area contributed by atoms with Crippen LogP contribution in [-0.4, -0.2) is 28.0 Å². The fourth-order valence-corrected chi connectivity index (χ4v) is 6.15. The smallest absolute Gasteiger partial charge is 0.265 e. The molecular formula is C24H21IN2O4S2. The van der Waals surface area contributed by atoms with E-state index in [0.717, 1.165) is 19.3 Å². The van der Waals surface area contributed by atoms with Crippen molar-refractivity contribution < 1.29 is 17.9 Å². The number of hydrogen-bond acceptors (Lipinski definition) is 5. The van der Waals surface area contributed by atoms with Gasteiger partial charge in [-0.3, -0.25) is 9.10 Å². The van der Waals surface area contributed by atoms with Crippen molar-refractivity contribution in [2.75, 3.05) is 23.3 Å². The average molecular weight is 592 g/mol. The van der Waals surface area contributed by atoms with Crippen LogP contribution in [0.25, 0.3) is 10.1 Å². The van der Waals surface area contributed by atoms with E-state index in [2.05, 4.69) is 27.9 Å². The van der Waals surface area contributed by atoms with Crippen LogP contribution >= 0.6 is 33.9 Å². The number of carbonyl (C=O) groups excluding carboxylic acids is 1. The normalized spacial score (nSPS) is 11.4. The van der Waals surface area contributed by atoms with Crippen LogP contribution in [0.4, 0.5) is 11.4 Å². The summed E-state index contributed by atoms with van der Waals surface area (Å²) in [6, 6.07) is 21.1. The largest absolute Gasteiger partial charge is 0.497 e. The van der Waals surface area contributed by atoms with Gasteiger partial charge in [-0.2, -0.15) is 0 Å². The molecule has 4 aromatic rings. The predicted octanol–water partition coefficient (Wildman–Crippen LogP) is 5.98. The van der Waals surface area contributed by atoms with Crippen molar-refractivity contribution in [1.29, 1.82) is 0 Å². The number of thiophene rings is 1. The summed E-state index contributed by atoms with van der Waals surface area (Å²) in [5.74, 6) is 0.393. The van der Waals surface area contributed by atoms with Crippen LogP contribution in [0, 0.1) is 3.57 Å². The summed E-state index contributed by atoms with van der Waals surface area (Å²) in [5, 5.41) is 3.72. The molecular weight excluding hydrogens is 571 g/mol. The lowest BCUT2D eigenvalue weighted by atomic mass is 10.2. The molecule has 0 atom stereocenters. The second kappa shape index (κ2) is 9.70. The number of benzene rings is 3. The molecule has 1 N–H and O–H groups in total. The van der Waals surface area contributed by atoms with E-state index in [1.54, 1.807) is 37.3 Å². The molecule has 1 heterocycles. The Balaban J connectivity index is 1.62. The molecule has 0 saturated carbocycles. The van der Waals surface area contributed by atoms with Crippen LogP contribution in [0.3, 0.4) is 0 Å². The molecule has 9 heteroatoms. The molecule has 3 aromatic carbocycles. The molecule has 0 saturated heterocycles. The zero-order chi connectivity index (χ0) is 23.6. The van der Waals surface area contributed by atoms with Gasteiger partial charge in [-0.25, -0.2) is 8.42 Å². The number of nitrogens with one attached hydrogen (secondary N) is 1. The maximum atomic E-state index is 13.3. The van der Waals surface area contributed by atoms with Gasteiger partial charge >= 0.3 is 0 Å². The number of fused-ring (bicyclic) bond motifs is 1. The molecule has 0 fully saturated rings. The minimum absolute atomic E-state index is 0.188. The number of methoxy groups -OCH3 is 1. The fourth-order valence-electron chi connectivity index (χ4n) is 3.39. The molecule has 6 nitrogen and oxygen atoms in total. The number of nitrogens with zero attached hydrogens (tertiary/aromatic N) is 1. The first-order valence-electron chi connectivity index (χ1n) is 10.1. The van der Waals surface area contributed by atoms with Gasteiger partial charge in [0.15, 0.2) is 0 Å². The summed E-state index contributed by atoms with van der Waals surface area (Å²) in [5.41, 5.74) is 1.27. The van der Waals surface area contributed by atoms with Gasteiger partial charge in [0.1, 0.15) is 5.75 Å². The van der Waals surface area contributed by atoms with E-state index < -0.39 is 10.0 Å². The first-order valence-corrected chi connectivity index (χ1v) is 13.4. The molecule has 170 valence electrons. The lowest BCUT2D eigenvalue weighted by Gasteiger charge is -2.23. The Bertz CT molecular complexity index is 1400. The average Bonchev–Trinajstić information content (AvgIpc) is 3.25. The van der Waals surface area contributed by atoms with E-state index in [9.17, 15) is 13.2 Å². The number of halogens is 1. The minimum Gasteiger partial charge on any atom is -0.497 e. The molecule has 0 aliphatic rings. The van der Waals surface area contributed by atoms with Crippen LogP contribution in [-0.2, 0) is 10.0 Å². The summed E-state index contributed by atoms with van der Waals surface area (Å²) >= 11 is 3.58. The van der Waals surface area contributed by atoms with Crippen molar-refractivity contribution in [1.82, 2.24) is 0 Å². The quantitative estimate of drug-likeness (QED) is 0.268. The zero-order valence-corrected chi connectivity index (χ0v) is 21.7. The highest BCUT2D eigenvalue weighted by Gasteiger charge is 2.24. The summed E-state index contributed by atoms with van der Waals surface area (Å²) in [6.07, 6.45) is 0. The number of hydrogen-bond donors (Lipinski definition) is 1. The minimum atomic E-state index is -3.75. The number of amides is 1. The molecule has 0 spiro atoms. The number of sulfonamides is 1. The summed E-state index contributed by atoms with van der Waals surface area (Å²) in [6.45, 7) is 2.06. The molecule has 4 rings (SSSR count). The molecule has 1 aromatic heterocycles. The van der Waals surface area contributed by atoms with Gasteiger partial charge in [-0.05, 0) is 108 Å². The van der Waals surface area contributed by atoms with Crippen LogP contribution in [0.15, 0.2) is 77.7 Å². The Labute approximate surface area is 210 Å². The van der Waals surface area contributed by atoms with Gasteiger partial charge in [-0.1, -0.05) is 0 Å². The van der Waals surface area contributed by atoms with E-state index >= 15 is 0 Å². The lowest BCUT2D eigenvalue weighted by molar-refractivity contribution is 0.103. The van der Waals surface area contributed by atoms with E-state index in [4.69, 9.17) is 4.74 Å². The summed E-state index contributed by atoms with van der Waals surface area (Å²) in [7, 11) is -2.22. The predicted molar refractivity (Wildman–Crippen MR) is 142 cm³/mol. The van der Waals surface area contributed by atoms with E-state index in [-0.39, 0.29) is 17.3 Å². The monoisotopic (exact) mass is 592 g/mol. The molecule has 0 bridgehead atoms. The number of carbonyl (C=O) groups is 1. The summed E-state index contributed by atoms with van der Waals surface area (Å²) < 4.78 is 35.0. The fraction of sp³-hybridized carbons (Fsp3) is 0.125. The van der Waals surface area contributed by atoms with Gasteiger partial charge in [0, 0.05) is 20.5 Å². The Kier molecular flexibility index (Phi) is 6.91. The highest BCUT2D eigenvalue weighted by Crippen LogP contribution is 2.32. The number of rotatable bonds is 7. The van der Waals surface area contributed by atoms with Gasteiger partial charge in [-0.15, -0.1) is 11.3 Å². The first-order chi connectivity index (χ1) is 15.8. The standard InChI is InChI=1S/C24H21IN2O4S2/c1-3-27(33(29,30)21-11-9-20(31-2)10-12-21)19-8-13-22-16(14-19)15-23(32-22)24(28)26-18-6-4-17(25)5-7-18/h4-15H,3H2,1-2H3,(H,26,28). The van der Waals surface area contributed by atoms with Crippen molar-refractivity contribution in [3.05, 3.63) is 81.2 Å².